The van der Waals surface area contributed by atoms with Crippen molar-refractivity contribution in [3.05, 3.63) is 48.4 Å². The van der Waals surface area contributed by atoms with Crippen LogP contribution in [0.3, 0.4) is 0 Å². The summed E-state index contributed by atoms with van der Waals surface area (Å²) >= 11 is 0. The minimum absolute atomic E-state index is 0.409. The van der Waals surface area contributed by atoms with Gasteiger partial charge in [-0.2, -0.15) is 5.26 Å². The number of anilines is 1. The van der Waals surface area contributed by atoms with Gasteiger partial charge in [0.2, 0.25) is 0 Å². The highest BCUT2D eigenvalue weighted by Gasteiger charge is 2.13. The van der Waals surface area contributed by atoms with Gasteiger partial charge in [-0.1, -0.05) is 30.3 Å². The molecule has 0 saturated carbocycles. The van der Waals surface area contributed by atoms with Crippen molar-refractivity contribution in [3.8, 4) is 6.07 Å². The Hall–Kier alpha value is -2.28. The van der Waals surface area contributed by atoms with Crippen LogP contribution in [0, 0.1) is 11.3 Å². The Morgan fingerprint density at radius 3 is 2.60 bits per heavy atom. The van der Waals surface area contributed by atoms with Crippen molar-refractivity contribution >= 4 is 5.82 Å². The summed E-state index contributed by atoms with van der Waals surface area (Å²) in [6.07, 6.45) is 3.10. The molecule has 0 aliphatic heterocycles. The Morgan fingerprint density at radius 2 is 2.07 bits per heavy atom. The van der Waals surface area contributed by atoms with Gasteiger partial charge in [-0.15, -0.1) is 0 Å². The van der Waals surface area contributed by atoms with Gasteiger partial charge in [0.05, 0.1) is 18.6 Å². The minimum Gasteiger partial charge on any atom is -0.384 e. The fourth-order valence-electron chi connectivity index (χ4n) is 1.46. The van der Waals surface area contributed by atoms with E-state index in [0.717, 1.165) is 5.56 Å². The van der Waals surface area contributed by atoms with Crippen molar-refractivity contribution in [3.63, 3.8) is 0 Å². The minimum atomic E-state index is -0.409. The summed E-state index contributed by atoms with van der Waals surface area (Å²) in [6, 6.07) is 11.3. The highest BCUT2D eigenvalue weighted by molar-refractivity contribution is 5.33. The van der Waals surface area contributed by atoms with Crippen LogP contribution in [-0.2, 0) is 0 Å². The topological polar surface area (TPSA) is 67.6 Å². The lowest BCUT2D eigenvalue weighted by Crippen LogP contribution is -2.09. The zero-order valence-corrected chi connectivity index (χ0v) is 8.04. The number of nitrogens with zero attached hydrogens (tertiary/aromatic N) is 3. The Balaban J connectivity index is 2.43. The van der Waals surface area contributed by atoms with E-state index in [9.17, 15) is 0 Å². The van der Waals surface area contributed by atoms with Crippen molar-refractivity contribution in [1.29, 1.82) is 5.26 Å². The highest BCUT2D eigenvalue weighted by Crippen LogP contribution is 2.19. The molecule has 1 heterocycles. The Kier molecular flexibility index (Phi) is 2.38. The molecule has 0 aliphatic rings. The number of hydrogen-bond donors (Lipinski definition) is 1. The first-order chi connectivity index (χ1) is 7.33. The van der Waals surface area contributed by atoms with Crippen LogP contribution in [-0.4, -0.2) is 9.55 Å². The summed E-state index contributed by atoms with van der Waals surface area (Å²) in [4.78, 5) is 3.90. The summed E-state index contributed by atoms with van der Waals surface area (Å²) in [5, 5.41) is 9.12. The molecular weight excluding hydrogens is 188 g/mol. The largest absolute Gasteiger partial charge is 0.384 e. The first-order valence-electron chi connectivity index (χ1n) is 4.55. The molecule has 0 aliphatic carbocycles. The molecule has 0 saturated heterocycles. The SMILES string of the molecule is N#CC(c1ccccc1)n1cncc1N. The average molecular weight is 198 g/mol. The molecule has 0 amide bonds. The monoisotopic (exact) mass is 198 g/mol. The molecule has 1 atom stereocenters. The second kappa shape index (κ2) is 3.84. The van der Waals surface area contributed by atoms with E-state index in [1.807, 2.05) is 30.3 Å². The third-order valence-corrected chi connectivity index (χ3v) is 2.21. The van der Waals surface area contributed by atoms with Crippen molar-refractivity contribution in [2.75, 3.05) is 5.73 Å². The normalized spacial score (nSPS) is 11.9. The zero-order valence-electron chi connectivity index (χ0n) is 8.04. The van der Waals surface area contributed by atoms with Crippen LogP contribution >= 0.6 is 0 Å². The number of benzene rings is 1. The number of nitriles is 1. The summed E-state index contributed by atoms with van der Waals surface area (Å²) < 4.78 is 1.65. The van der Waals surface area contributed by atoms with E-state index in [1.54, 1.807) is 10.9 Å². The number of aromatic nitrogens is 2. The second-order valence-electron chi connectivity index (χ2n) is 3.17. The lowest BCUT2D eigenvalue weighted by atomic mass is 10.1. The van der Waals surface area contributed by atoms with Crippen LogP contribution in [0.4, 0.5) is 5.82 Å². The maximum absolute atomic E-state index is 9.12. The molecule has 0 radical (unpaired) electrons. The van der Waals surface area contributed by atoms with Crippen molar-refractivity contribution in [2.24, 2.45) is 0 Å². The van der Waals surface area contributed by atoms with Crippen LogP contribution in [0.25, 0.3) is 0 Å². The van der Waals surface area contributed by atoms with E-state index in [1.165, 1.54) is 6.20 Å². The van der Waals surface area contributed by atoms with Crippen molar-refractivity contribution < 1.29 is 0 Å². The van der Waals surface area contributed by atoms with Gasteiger partial charge < -0.3 is 5.73 Å². The lowest BCUT2D eigenvalue weighted by Gasteiger charge is -2.12. The van der Waals surface area contributed by atoms with Gasteiger partial charge in [0, 0.05) is 0 Å². The van der Waals surface area contributed by atoms with Gasteiger partial charge in [0.25, 0.3) is 0 Å². The number of nitrogen functional groups attached to an aromatic ring is 1. The molecule has 0 spiro atoms. The Labute approximate surface area is 87.6 Å². The first-order valence-corrected chi connectivity index (χ1v) is 4.55. The fraction of sp³-hybridized carbons (Fsp3) is 0.0909. The van der Waals surface area contributed by atoms with Crippen LogP contribution in [0.2, 0.25) is 0 Å². The molecular formula is C11H10N4. The van der Waals surface area contributed by atoms with Gasteiger partial charge in [0.1, 0.15) is 11.9 Å². The van der Waals surface area contributed by atoms with Crippen molar-refractivity contribution in [1.82, 2.24) is 9.55 Å². The van der Waals surface area contributed by atoms with Gasteiger partial charge in [-0.25, -0.2) is 4.98 Å². The van der Waals surface area contributed by atoms with Crippen LogP contribution in [0.1, 0.15) is 11.6 Å². The maximum Gasteiger partial charge on any atom is 0.149 e. The molecule has 0 bridgehead atoms. The molecule has 15 heavy (non-hydrogen) atoms. The van der Waals surface area contributed by atoms with Gasteiger partial charge in [0.15, 0.2) is 0 Å². The Bertz CT molecular complexity index is 481. The molecule has 2 aromatic rings. The molecule has 2 N–H and O–H groups in total. The predicted molar refractivity (Wildman–Crippen MR) is 56.8 cm³/mol. The predicted octanol–water partition coefficient (Wildman–Crippen LogP) is 1.58. The molecule has 74 valence electrons. The second-order valence-corrected chi connectivity index (χ2v) is 3.17. The summed E-state index contributed by atoms with van der Waals surface area (Å²) in [5.74, 6) is 0.491. The number of rotatable bonds is 2. The van der Waals surface area contributed by atoms with Crippen LogP contribution < -0.4 is 5.73 Å². The third kappa shape index (κ3) is 1.67. The average Bonchev–Trinajstić information content (AvgIpc) is 2.68. The fourth-order valence-corrected chi connectivity index (χ4v) is 1.46. The zero-order chi connectivity index (χ0) is 10.7. The summed E-state index contributed by atoms with van der Waals surface area (Å²) in [6.45, 7) is 0. The summed E-state index contributed by atoms with van der Waals surface area (Å²) in [7, 11) is 0. The maximum atomic E-state index is 9.12. The highest BCUT2D eigenvalue weighted by atomic mass is 15.1. The number of imidazole rings is 1. The van der Waals surface area contributed by atoms with E-state index in [2.05, 4.69) is 11.1 Å². The summed E-state index contributed by atoms with van der Waals surface area (Å²) in [5.41, 5.74) is 6.61. The van der Waals surface area contributed by atoms with Gasteiger partial charge >= 0.3 is 0 Å². The van der Waals surface area contributed by atoms with E-state index in [4.69, 9.17) is 11.0 Å². The first kappa shape index (κ1) is 9.28. The van der Waals surface area contributed by atoms with Crippen molar-refractivity contribution in [2.45, 2.75) is 6.04 Å². The third-order valence-electron chi connectivity index (χ3n) is 2.21. The van der Waals surface area contributed by atoms with E-state index in [-0.39, 0.29) is 0 Å². The smallest absolute Gasteiger partial charge is 0.149 e. The van der Waals surface area contributed by atoms with Crippen LogP contribution in [0.5, 0.6) is 0 Å². The lowest BCUT2D eigenvalue weighted by molar-refractivity contribution is 0.720. The number of nitrogens with two attached hydrogens (primary N) is 1. The van der Waals surface area contributed by atoms with Gasteiger partial charge in [-0.3, -0.25) is 4.57 Å². The molecule has 2 rings (SSSR count). The standard InChI is InChI=1S/C11H10N4/c12-6-10(9-4-2-1-3-5-9)15-8-14-7-11(15)13/h1-5,7-8,10H,13H2. The van der Waals surface area contributed by atoms with E-state index < -0.39 is 6.04 Å². The molecule has 1 aromatic carbocycles. The van der Waals surface area contributed by atoms with E-state index in [0.29, 0.717) is 5.82 Å². The molecule has 4 heteroatoms. The van der Waals surface area contributed by atoms with Gasteiger partial charge in [-0.05, 0) is 5.56 Å². The molecule has 1 unspecified atom stereocenters. The molecule has 0 fully saturated rings. The van der Waals surface area contributed by atoms with E-state index >= 15 is 0 Å². The van der Waals surface area contributed by atoms with Crippen LogP contribution in [0.15, 0.2) is 42.9 Å². The Morgan fingerprint density at radius 1 is 1.33 bits per heavy atom. The molecule has 4 nitrogen and oxygen atoms in total. The quantitative estimate of drug-likeness (QED) is 0.796. The molecule has 1 aromatic heterocycles. The number of hydrogen-bond acceptors (Lipinski definition) is 3.